The van der Waals surface area contributed by atoms with E-state index in [4.69, 9.17) is 12.2 Å². The van der Waals surface area contributed by atoms with Crippen LogP contribution in [0.4, 0.5) is 0 Å². The second kappa shape index (κ2) is 2.06. The van der Waals surface area contributed by atoms with Gasteiger partial charge in [0.25, 0.3) is 5.56 Å². The van der Waals surface area contributed by atoms with E-state index >= 15 is 0 Å². The van der Waals surface area contributed by atoms with E-state index in [2.05, 4.69) is 15.0 Å². The van der Waals surface area contributed by atoms with Gasteiger partial charge in [0.15, 0.2) is 4.77 Å². The predicted octanol–water partition coefficient (Wildman–Crippen LogP) is 0.914. The van der Waals surface area contributed by atoms with Gasteiger partial charge in [0, 0.05) is 6.20 Å². The quantitative estimate of drug-likeness (QED) is 0.511. The van der Waals surface area contributed by atoms with Crippen LogP contribution in [0.25, 0.3) is 11.0 Å². The van der Waals surface area contributed by atoms with Gasteiger partial charge < -0.3 is 9.97 Å². The third-order valence-electron chi connectivity index (χ3n) is 1.45. The molecule has 2 aromatic rings. The molecular weight excluding hydrogens is 162 g/mol. The Balaban J connectivity index is 3.15. The maximum Gasteiger partial charge on any atom is 0.275 e. The molecule has 2 heterocycles. The van der Waals surface area contributed by atoms with Crippen LogP contribution in [0, 0.1) is 4.77 Å². The third-order valence-corrected chi connectivity index (χ3v) is 1.65. The van der Waals surface area contributed by atoms with Crippen molar-refractivity contribution in [1.29, 1.82) is 0 Å². The number of nitrogens with one attached hydrogen (secondary N) is 3. The third kappa shape index (κ3) is 0.894. The lowest BCUT2D eigenvalue weighted by Gasteiger charge is -1.87. The summed E-state index contributed by atoms with van der Waals surface area (Å²) < 4.78 is 0.349. The maximum atomic E-state index is 11.1. The fourth-order valence-corrected chi connectivity index (χ4v) is 1.18. The van der Waals surface area contributed by atoms with E-state index in [0.29, 0.717) is 10.3 Å². The molecule has 2 aromatic heterocycles. The number of aromatic amines is 3. The van der Waals surface area contributed by atoms with E-state index in [9.17, 15) is 4.79 Å². The Morgan fingerprint density at radius 3 is 3.00 bits per heavy atom. The Hall–Kier alpha value is -1.36. The number of H-pyrrole nitrogens is 3. The summed E-state index contributed by atoms with van der Waals surface area (Å²) >= 11 is 4.77. The minimum absolute atomic E-state index is 0.186. The van der Waals surface area contributed by atoms with E-state index in [-0.39, 0.29) is 5.56 Å². The summed E-state index contributed by atoms with van der Waals surface area (Å²) in [7, 11) is 0. The normalized spacial score (nSPS) is 10.5. The van der Waals surface area contributed by atoms with Crippen molar-refractivity contribution in [3.63, 3.8) is 0 Å². The van der Waals surface area contributed by atoms with Crippen molar-refractivity contribution >= 4 is 23.3 Å². The molecule has 4 nitrogen and oxygen atoms in total. The highest BCUT2D eigenvalue weighted by Gasteiger charge is 1.96. The number of fused-ring (bicyclic) bond motifs is 1. The van der Waals surface area contributed by atoms with Crippen molar-refractivity contribution < 1.29 is 0 Å². The highest BCUT2D eigenvalue weighted by Crippen LogP contribution is 2.00. The molecule has 0 radical (unpaired) electrons. The highest BCUT2D eigenvalue weighted by atomic mass is 32.1. The molecule has 0 unspecified atom stereocenters. The first kappa shape index (κ1) is 6.36. The van der Waals surface area contributed by atoms with Gasteiger partial charge in [-0.3, -0.25) is 9.78 Å². The average molecular weight is 167 g/mol. The molecule has 0 amide bonds. The van der Waals surface area contributed by atoms with Gasteiger partial charge in [-0.25, -0.2) is 0 Å². The Morgan fingerprint density at radius 1 is 1.36 bits per heavy atom. The maximum absolute atomic E-state index is 11.1. The number of hydrogen-bond donors (Lipinski definition) is 3. The van der Waals surface area contributed by atoms with Gasteiger partial charge in [0.2, 0.25) is 0 Å². The van der Waals surface area contributed by atoms with E-state index in [1.165, 1.54) is 0 Å². The van der Waals surface area contributed by atoms with Gasteiger partial charge >= 0.3 is 0 Å². The molecule has 11 heavy (non-hydrogen) atoms. The Bertz CT molecular complexity index is 492. The van der Waals surface area contributed by atoms with Crippen molar-refractivity contribution in [1.82, 2.24) is 15.0 Å². The zero-order valence-electron chi connectivity index (χ0n) is 5.47. The van der Waals surface area contributed by atoms with Crippen molar-refractivity contribution in [3.05, 3.63) is 27.4 Å². The predicted molar refractivity (Wildman–Crippen MR) is 44.1 cm³/mol. The molecule has 0 spiro atoms. The minimum atomic E-state index is -0.186. The number of rotatable bonds is 0. The zero-order valence-corrected chi connectivity index (χ0v) is 6.29. The average Bonchev–Trinajstić information content (AvgIpc) is 2.34. The Kier molecular flexibility index (Phi) is 1.19. The van der Waals surface area contributed by atoms with Crippen LogP contribution < -0.4 is 5.56 Å². The minimum Gasteiger partial charge on any atom is -0.355 e. The van der Waals surface area contributed by atoms with Crippen molar-refractivity contribution in [3.8, 4) is 0 Å². The van der Waals surface area contributed by atoms with Crippen LogP contribution in [-0.4, -0.2) is 15.0 Å². The molecular formula is C6H5N3OS. The summed E-state index contributed by atoms with van der Waals surface area (Å²) in [6.07, 6.45) is 1.69. The first-order valence-electron chi connectivity index (χ1n) is 3.07. The molecule has 3 N–H and O–H groups in total. The molecule has 0 saturated heterocycles. The van der Waals surface area contributed by atoms with Crippen molar-refractivity contribution in [2.45, 2.75) is 0 Å². The van der Waals surface area contributed by atoms with Crippen LogP contribution in [0.5, 0.6) is 0 Å². The highest BCUT2D eigenvalue weighted by molar-refractivity contribution is 7.71. The SMILES string of the molecule is O=c1[nH]c(=S)[nH]c2cc[nH]c12. The van der Waals surface area contributed by atoms with Crippen LogP contribution in [0.3, 0.4) is 0 Å². The molecule has 2 rings (SSSR count). The summed E-state index contributed by atoms with van der Waals surface area (Å²) in [5.41, 5.74) is 1.08. The second-order valence-corrected chi connectivity index (χ2v) is 2.58. The van der Waals surface area contributed by atoms with E-state index in [1.54, 1.807) is 12.3 Å². The Morgan fingerprint density at radius 2 is 2.18 bits per heavy atom. The van der Waals surface area contributed by atoms with Crippen LogP contribution in [-0.2, 0) is 0 Å². The van der Waals surface area contributed by atoms with E-state index in [1.807, 2.05) is 0 Å². The first-order valence-corrected chi connectivity index (χ1v) is 3.48. The standard InChI is InChI=1S/C6H5N3OS/c10-5-4-3(1-2-7-4)8-6(11)9-5/h1-2,7H,(H2,8,9,10,11). The molecule has 56 valence electrons. The second-order valence-electron chi connectivity index (χ2n) is 2.17. The van der Waals surface area contributed by atoms with Crippen molar-refractivity contribution in [2.24, 2.45) is 0 Å². The van der Waals surface area contributed by atoms with Crippen LogP contribution in [0.1, 0.15) is 0 Å². The summed E-state index contributed by atoms with van der Waals surface area (Å²) in [6.45, 7) is 0. The van der Waals surface area contributed by atoms with Crippen LogP contribution >= 0.6 is 12.2 Å². The van der Waals surface area contributed by atoms with E-state index in [0.717, 1.165) is 5.52 Å². The summed E-state index contributed by atoms with van der Waals surface area (Å²) in [4.78, 5) is 19.2. The van der Waals surface area contributed by atoms with Gasteiger partial charge in [0.1, 0.15) is 5.52 Å². The van der Waals surface area contributed by atoms with Gasteiger partial charge in [-0.15, -0.1) is 0 Å². The summed E-state index contributed by atoms with van der Waals surface area (Å²) in [6, 6.07) is 1.76. The van der Waals surface area contributed by atoms with Crippen molar-refractivity contribution in [2.75, 3.05) is 0 Å². The molecule has 0 fully saturated rings. The number of hydrogen-bond acceptors (Lipinski definition) is 2. The molecule has 0 atom stereocenters. The van der Waals surface area contributed by atoms with E-state index < -0.39 is 0 Å². The largest absolute Gasteiger partial charge is 0.355 e. The molecule has 0 aliphatic heterocycles. The summed E-state index contributed by atoms with van der Waals surface area (Å²) in [5, 5.41) is 0. The lowest BCUT2D eigenvalue weighted by molar-refractivity contribution is 1.13. The molecule has 5 heteroatoms. The molecule has 0 bridgehead atoms. The monoisotopic (exact) mass is 167 g/mol. The molecule has 0 aliphatic rings. The molecule has 0 aromatic carbocycles. The van der Waals surface area contributed by atoms with Crippen LogP contribution in [0.2, 0.25) is 0 Å². The smallest absolute Gasteiger partial charge is 0.275 e. The first-order chi connectivity index (χ1) is 5.27. The van der Waals surface area contributed by atoms with Gasteiger partial charge in [-0.05, 0) is 18.3 Å². The van der Waals surface area contributed by atoms with Gasteiger partial charge in [-0.1, -0.05) is 0 Å². The number of aromatic nitrogens is 3. The molecule has 0 aliphatic carbocycles. The lowest BCUT2D eigenvalue weighted by Crippen LogP contribution is -2.06. The molecule has 0 saturated carbocycles. The lowest BCUT2D eigenvalue weighted by atomic mass is 10.5. The zero-order chi connectivity index (χ0) is 7.84. The fraction of sp³-hybridized carbons (Fsp3) is 0. The summed E-state index contributed by atoms with van der Waals surface area (Å²) in [5.74, 6) is 0. The Labute approximate surface area is 66.3 Å². The fourth-order valence-electron chi connectivity index (χ4n) is 0.981. The van der Waals surface area contributed by atoms with Gasteiger partial charge in [0.05, 0.1) is 5.52 Å². The van der Waals surface area contributed by atoms with Gasteiger partial charge in [-0.2, -0.15) is 0 Å². The topological polar surface area (TPSA) is 64.4 Å². The van der Waals surface area contributed by atoms with Crippen LogP contribution in [0.15, 0.2) is 17.1 Å².